The molecule has 2 N–H and O–H groups in total. The minimum absolute atomic E-state index is 0.452. The molecule has 1 aliphatic carbocycles. The van der Waals surface area contributed by atoms with Crippen molar-refractivity contribution in [2.24, 2.45) is 11.8 Å². The summed E-state index contributed by atoms with van der Waals surface area (Å²) >= 11 is 0. The highest BCUT2D eigenvalue weighted by Crippen LogP contribution is 2.31. The van der Waals surface area contributed by atoms with Crippen LogP contribution in [-0.4, -0.2) is 36.5 Å². The zero-order chi connectivity index (χ0) is 13.0. The molecule has 0 bridgehead atoms. The maximum absolute atomic E-state index is 10.5. The number of hydrogen-bond donors (Lipinski definition) is 2. The Morgan fingerprint density at radius 1 is 1.22 bits per heavy atom. The van der Waals surface area contributed by atoms with Gasteiger partial charge in [0.15, 0.2) is 0 Å². The van der Waals surface area contributed by atoms with Gasteiger partial charge >= 0.3 is 0 Å². The van der Waals surface area contributed by atoms with Gasteiger partial charge in [0.1, 0.15) is 0 Å². The van der Waals surface area contributed by atoms with Gasteiger partial charge in [-0.05, 0) is 57.3 Å². The molecular formula is C15H29NO2. The van der Waals surface area contributed by atoms with Crippen LogP contribution in [0.25, 0.3) is 0 Å². The van der Waals surface area contributed by atoms with Crippen LogP contribution in [0.5, 0.6) is 0 Å². The quantitative estimate of drug-likeness (QED) is 0.810. The highest BCUT2D eigenvalue weighted by atomic mass is 16.5. The van der Waals surface area contributed by atoms with Gasteiger partial charge in [0.25, 0.3) is 0 Å². The predicted molar refractivity (Wildman–Crippen MR) is 73.6 cm³/mol. The van der Waals surface area contributed by atoms with E-state index in [0.29, 0.717) is 12.0 Å². The second kappa shape index (κ2) is 6.36. The molecular weight excluding hydrogens is 226 g/mol. The summed E-state index contributed by atoms with van der Waals surface area (Å²) in [7, 11) is 0. The summed E-state index contributed by atoms with van der Waals surface area (Å²) < 4.78 is 5.40. The molecule has 1 saturated carbocycles. The third-order valence-corrected chi connectivity index (χ3v) is 4.93. The number of nitrogens with one attached hydrogen (secondary N) is 1. The predicted octanol–water partition coefficient (Wildman–Crippen LogP) is 2.33. The molecule has 2 aliphatic rings. The van der Waals surface area contributed by atoms with E-state index in [2.05, 4.69) is 19.2 Å². The summed E-state index contributed by atoms with van der Waals surface area (Å²) in [6.07, 6.45) is 6.57. The van der Waals surface area contributed by atoms with E-state index < -0.39 is 5.60 Å². The van der Waals surface area contributed by atoms with Crippen LogP contribution < -0.4 is 5.32 Å². The molecule has 1 atom stereocenters. The molecule has 2 fully saturated rings. The lowest BCUT2D eigenvalue weighted by molar-refractivity contribution is -0.0120. The van der Waals surface area contributed by atoms with Gasteiger partial charge in [0.2, 0.25) is 0 Å². The van der Waals surface area contributed by atoms with E-state index in [1.165, 1.54) is 12.8 Å². The van der Waals surface area contributed by atoms with Crippen LogP contribution in [0.2, 0.25) is 0 Å². The fraction of sp³-hybridized carbons (Fsp3) is 1.00. The lowest BCUT2D eigenvalue weighted by atomic mass is 9.79. The Morgan fingerprint density at radius 2 is 1.83 bits per heavy atom. The minimum Gasteiger partial charge on any atom is -0.389 e. The summed E-state index contributed by atoms with van der Waals surface area (Å²) in [6.45, 7) is 7.11. The first-order valence-corrected chi connectivity index (χ1v) is 7.62. The van der Waals surface area contributed by atoms with Crippen molar-refractivity contribution in [2.75, 3.05) is 19.8 Å². The molecule has 3 nitrogen and oxygen atoms in total. The van der Waals surface area contributed by atoms with E-state index in [0.717, 1.165) is 51.4 Å². The monoisotopic (exact) mass is 255 g/mol. The van der Waals surface area contributed by atoms with Crippen LogP contribution in [0.15, 0.2) is 0 Å². The van der Waals surface area contributed by atoms with Crippen LogP contribution in [-0.2, 0) is 4.74 Å². The fourth-order valence-corrected chi connectivity index (χ4v) is 3.21. The van der Waals surface area contributed by atoms with Gasteiger partial charge in [0.05, 0.1) is 5.60 Å². The average Bonchev–Trinajstić information content (AvgIpc) is 2.41. The van der Waals surface area contributed by atoms with E-state index in [-0.39, 0.29) is 0 Å². The SMILES string of the molecule is CC1CCC(O)(CNC(C)C2CCOCC2)CC1. The van der Waals surface area contributed by atoms with Gasteiger partial charge in [-0.15, -0.1) is 0 Å². The molecule has 2 rings (SSSR count). The van der Waals surface area contributed by atoms with Crippen LogP contribution in [0.4, 0.5) is 0 Å². The highest BCUT2D eigenvalue weighted by Gasteiger charge is 2.32. The van der Waals surface area contributed by atoms with E-state index in [9.17, 15) is 5.11 Å². The third kappa shape index (κ3) is 3.94. The van der Waals surface area contributed by atoms with Crippen molar-refractivity contribution in [3.05, 3.63) is 0 Å². The van der Waals surface area contributed by atoms with Gasteiger partial charge in [0, 0.05) is 25.8 Å². The first-order valence-electron chi connectivity index (χ1n) is 7.62. The fourth-order valence-electron chi connectivity index (χ4n) is 3.21. The Kier molecular flexibility index (Phi) is 5.05. The van der Waals surface area contributed by atoms with E-state index >= 15 is 0 Å². The number of hydrogen-bond acceptors (Lipinski definition) is 3. The Hall–Kier alpha value is -0.120. The van der Waals surface area contributed by atoms with Crippen molar-refractivity contribution in [1.29, 1.82) is 0 Å². The molecule has 0 aromatic carbocycles. The summed E-state index contributed by atoms with van der Waals surface area (Å²) in [6, 6.07) is 0.497. The zero-order valence-electron chi connectivity index (χ0n) is 12.0. The number of aliphatic hydroxyl groups is 1. The Balaban J connectivity index is 1.72. The number of ether oxygens (including phenoxy) is 1. The van der Waals surface area contributed by atoms with Crippen molar-refractivity contribution in [2.45, 2.75) is 64.0 Å². The molecule has 18 heavy (non-hydrogen) atoms. The van der Waals surface area contributed by atoms with Crippen LogP contribution in [0.3, 0.4) is 0 Å². The van der Waals surface area contributed by atoms with Gasteiger partial charge in [-0.1, -0.05) is 6.92 Å². The Morgan fingerprint density at radius 3 is 2.44 bits per heavy atom. The normalized spacial score (nSPS) is 36.5. The van der Waals surface area contributed by atoms with Crippen molar-refractivity contribution < 1.29 is 9.84 Å². The van der Waals surface area contributed by atoms with Gasteiger partial charge in [-0.25, -0.2) is 0 Å². The van der Waals surface area contributed by atoms with E-state index in [1.54, 1.807) is 0 Å². The zero-order valence-corrected chi connectivity index (χ0v) is 12.0. The van der Waals surface area contributed by atoms with Crippen molar-refractivity contribution >= 4 is 0 Å². The molecule has 0 spiro atoms. The highest BCUT2D eigenvalue weighted by molar-refractivity contribution is 4.88. The third-order valence-electron chi connectivity index (χ3n) is 4.93. The van der Waals surface area contributed by atoms with E-state index in [1.807, 2.05) is 0 Å². The first-order chi connectivity index (χ1) is 8.59. The maximum Gasteiger partial charge on any atom is 0.0771 e. The van der Waals surface area contributed by atoms with Crippen LogP contribution in [0, 0.1) is 11.8 Å². The Labute approximate surface area is 111 Å². The van der Waals surface area contributed by atoms with Crippen molar-refractivity contribution in [1.82, 2.24) is 5.32 Å². The molecule has 3 heteroatoms. The molecule has 1 heterocycles. The second-order valence-corrected chi connectivity index (χ2v) is 6.53. The van der Waals surface area contributed by atoms with Crippen molar-refractivity contribution in [3.8, 4) is 0 Å². The lowest BCUT2D eigenvalue weighted by Crippen LogP contribution is -2.48. The lowest BCUT2D eigenvalue weighted by Gasteiger charge is -2.37. The van der Waals surface area contributed by atoms with Gasteiger partial charge < -0.3 is 15.2 Å². The molecule has 1 aliphatic heterocycles. The smallest absolute Gasteiger partial charge is 0.0771 e. The summed E-state index contributed by atoms with van der Waals surface area (Å²) in [5, 5.41) is 14.1. The Bertz CT molecular complexity index is 243. The van der Waals surface area contributed by atoms with Crippen molar-refractivity contribution in [3.63, 3.8) is 0 Å². The van der Waals surface area contributed by atoms with Crippen LogP contribution in [0.1, 0.15) is 52.4 Å². The minimum atomic E-state index is -0.452. The van der Waals surface area contributed by atoms with Gasteiger partial charge in [-0.2, -0.15) is 0 Å². The summed E-state index contributed by atoms with van der Waals surface area (Å²) in [5.74, 6) is 1.50. The molecule has 1 unspecified atom stereocenters. The average molecular weight is 255 g/mol. The summed E-state index contributed by atoms with van der Waals surface area (Å²) in [5.41, 5.74) is -0.452. The standard InChI is InChI=1S/C15H29NO2/c1-12-3-7-15(17,8-4-12)11-16-13(2)14-5-9-18-10-6-14/h12-14,16-17H,3-11H2,1-2H3. The molecule has 0 aromatic heterocycles. The number of rotatable bonds is 4. The molecule has 0 amide bonds. The van der Waals surface area contributed by atoms with E-state index in [4.69, 9.17) is 4.74 Å². The topological polar surface area (TPSA) is 41.5 Å². The van der Waals surface area contributed by atoms with Gasteiger partial charge in [-0.3, -0.25) is 0 Å². The summed E-state index contributed by atoms with van der Waals surface area (Å²) in [4.78, 5) is 0. The first kappa shape index (κ1) is 14.3. The second-order valence-electron chi connectivity index (χ2n) is 6.53. The largest absolute Gasteiger partial charge is 0.389 e. The molecule has 0 aromatic rings. The molecule has 1 saturated heterocycles. The maximum atomic E-state index is 10.5. The van der Waals surface area contributed by atoms with Crippen LogP contribution >= 0.6 is 0 Å². The molecule has 0 radical (unpaired) electrons. The molecule has 106 valence electrons.